The standard InChI is InChI=1S/C20H31N3O2/c1-21(2)20(24)16-23-10-5-9-22(11-12-23)15-17-8-13-25-19-7-4-3-6-18(19)14-17/h3-4,6-7,17H,5,8-16H2,1-2H3/t17-/m0/s1. The van der Waals surface area contributed by atoms with Crippen molar-refractivity contribution in [2.24, 2.45) is 5.92 Å². The van der Waals surface area contributed by atoms with Crippen molar-refractivity contribution in [1.29, 1.82) is 0 Å². The minimum Gasteiger partial charge on any atom is -0.493 e. The lowest BCUT2D eigenvalue weighted by Gasteiger charge is -2.26. The van der Waals surface area contributed by atoms with Gasteiger partial charge in [-0.3, -0.25) is 9.69 Å². The molecule has 0 bridgehead atoms. The predicted octanol–water partition coefficient (Wildman–Crippen LogP) is 1.72. The van der Waals surface area contributed by atoms with Crippen molar-refractivity contribution in [2.75, 3.05) is 60.0 Å². The third-order valence-electron chi connectivity index (χ3n) is 5.32. The molecule has 3 rings (SSSR count). The van der Waals surface area contributed by atoms with Gasteiger partial charge in [-0.1, -0.05) is 18.2 Å². The van der Waals surface area contributed by atoms with Crippen LogP contribution in [-0.4, -0.2) is 80.6 Å². The summed E-state index contributed by atoms with van der Waals surface area (Å²) in [5, 5.41) is 0. The van der Waals surface area contributed by atoms with Crippen molar-refractivity contribution in [3.05, 3.63) is 29.8 Å². The van der Waals surface area contributed by atoms with Gasteiger partial charge >= 0.3 is 0 Å². The zero-order chi connectivity index (χ0) is 17.6. The number of likely N-dealkylation sites (N-methyl/N-ethyl adjacent to an activating group) is 1. The van der Waals surface area contributed by atoms with Gasteiger partial charge in [0.05, 0.1) is 13.2 Å². The first-order valence-electron chi connectivity index (χ1n) is 9.47. The Kier molecular flexibility index (Phi) is 6.32. The molecule has 1 saturated heterocycles. The van der Waals surface area contributed by atoms with Crippen LogP contribution in [0.25, 0.3) is 0 Å². The van der Waals surface area contributed by atoms with E-state index in [2.05, 4.69) is 34.1 Å². The minimum atomic E-state index is 0.200. The average molecular weight is 345 g/mol. The number of carbonyl (C=O) groups excluding carboxylic acids is 1. The van der Waals surface area contributed by atoms with E-state index in [1.807, 2.05) is 14.1 Å². The van der Waals surface area contributed by atoms with Crippen LogP contribution in [0.1, 0.15) is 18.4 Å². The number of hydrogen-bond donors (Lipinski definition) is 0. The Bertz CT molecular complexity index is 576. The summed E-state index contributed by atoms with van der Waals surface area (Å²) >= 11 is 0. The van der Waals surface area contributed by atoms with E-state index in [0.29, 0.717) is 12.5 Å². The molecule has 5 heteroatoms. The number of benzene rings is 1. The van der Waals surface area contributed by atoms with Crippen LogP contribution in [0, 0.1) is 5.92 Å². The van der Waals surface area contributed by atoms with Gasteiger partial charge in [-0.05, 0) is 49.9 Å². The highest BCUT2D eigenvalue weighted by atomic mass is 16.5. The van der Waals surface area contributed by atoms with Gasteiger partial charge in [0.15, 0.2) is 0 Å². The highest BCUT2D eigenvalue weighted by Crippen LogP contribution is 2.27. The van der Waals surface area contributed by atoms with Gasteiger partial charge in [0.2, 0.25) is 5.91 Å². The second-order valence-electron chi connectivity index (χ2n) is 7.53. The zero-order valence-electron chi connectivity index (χ0n) is 15.6. The third-order valence-corrected chi connectivity index (χ3v) is 5.32. The molecule has 2 heterocycles. The summed E-state index contributed by atoms with van der Waals surface area (Å²) in [6, 6.07) is 8.45. The number of ether oxygens (including phenoxy) is 1. The van der Waals surface area contributed by atoms with E-state index in [1.54, 1.807) is 4.90 Å². The van der Waals surface area contributed by atoms with Gasteiger partial charge in [-0.15, -0.1) is 0 Å². The van der Waals surface area contributed by atoms with E-state index in [-0.39, 0.29) is 5.91 Å². The Morgan fingerprint density at radius 3 is 2.76 bits per heavy atom. The Morgan fingerprint density at radius 2 is 1.92 bits per heavy atom. The van der Waals surface area contributed by atoms with Gasteiger partial charge in [-0.25, -0.2) is 0 Å². The lowest BCUT2D eigenvalue weighted by atomic mass is 9.96. The maximum Gasteiger partial charge on any atom is 0.236 e. The Balaban J connectivity index is 1.51. The summed E-state index contributed by atoms with van der Waals surface area (Å²) in [5.74, 6) is 1.92. The Labute approximate surface area is 151 Å². The van der Waals surface area contributed by atoms with Crippen molar-refractivity contribution in [2.45, 2.75) is 19.3 Å². The fraction of sp³-hybridized carbons (Fsp3) is 0.650. The van der Waals surface area contributed by atoms with E-state index in [4.69, 9.17) is 4.74 Å². The van der Waals surface area contributed by atoms with Crippen molar-refractivity contribution in [1.82, 2.24) is 14.7 Å². The molecule has 1 atom stereocenters. The molecule has 1 fully saturated rings. The first-order valence-corrected chi connectivity index (χ1v) is 9.47. The van der Waals surface area contributed by atoms with Crippen LogP contribution in [0.15, 0.2) is 24.3 Å². The van der Waals surface area contributed by atoms with Gasteiger partial charge in [0.1, 0.15) is 5.75 Å². The van der Waals surface area contributed by atoms with Crippen LogP contribution in [0.4, 0.5) is 0 Å². The molecular weight excluding hydrogens is 314 g/mol. The topological polar surface area (TPSA) is 36.0 Å². The molecule has 138 valence electrons. The number of amides is 1. The Morgan fingerprint density at radius 1 is 1.16 bits per heavy atom. The summed E-state index contributed by atoms with van der Waals surface area (Å²) in [7, 11) is 3.66. The first-order chi connectivity index (χ1) is 12.1. The molecule has 1 aromatic carbocycles. The van der Waals surface area contributed by atoms with Gasteiger partial charge < -0.3 is 14.5 Å². The molecule has 1 aromatic rings. The molecule has 25 heavy (non-hydrogen) atoms. The maximum atomic E-state index is 11.9. The van der Waals surface area contributed by atoms with E-state index in [9.17, 15) is 4.79 Å². The van der Waals surface area contributed by atoms with Crippen LogP contribution in [0.3, 0.4) is 0 Å². The molecule has 0 unspecified atom stereocenters. The van der Waals surface area contributed by atoms with Crippen molar-refractivity contribution >= 4 is 5.91 Å². The third kappa shape index (κ3) is 5.19. The molecule has 0 N–H and O–H groups in total. The SMILES string of the molecule is CN(C)C(=O)CN1CCCN(C[C@H]2CCOc3ccccc3C2)CC1. The highest BCUT2D eigenvalue weighted by molar-refractivity contribution is 5.77. The summed E-state index contributed by atoms with van der Waals surface area (Å²) in [6.45, 7) is 6.69. The molecule has 0 aliphatic carbocycles. The second kappa shape index (κ2) is 8.68. The lowest BCUT2D eigenvalue weighted by molar-refractivity contribution is -0.129. The number of hydrogen-bond acceptors (Lipinski definition) is 4. The molecule has 0 saturated carbocycles. The van der Waals surface area contributed by atoms with Crippen molar-refractivity contribution in [3.8, 4) is 5.75 Å². The van der Waals surface area contributed by atoms with E-state index in [1.165, 1.54) is 5.56 Å². The van der Waals surface area contributed by atoms with Crippen molar-refractivity contribution in [3.63, 3.8) is 0 Å². The monoisotopic (exact) mass is 345 g/mol. The van der Waals surface area contributed by atoms with Crippen LogP contribution in [-0.2, 0) is 11.2 Å². The van der Waals surface area contributed by atoms with Gasteiger partial charge in [0, 0.05) is 33.7 Å². The molecule has 2 aliphatic heterocycles. The summed E-state index contributed by atoms with van der Waals surface area (Å²) in [4.78, 5) is 18.5. The zero-order valence-corrected chi connectivity index (χ0v) is 15.6. The minimum absolute atomic E-state index is 0.200. The number of para-hydroxylation sites is 1. The number of rotatable bonds is 4. The normalized spacial score (nSPS) is 22.4. The van der Waals surface area contributed by atoms with E-state index in [0.717, 1.165) is 64.3 Å². The fourth-order valence-corrected chi connectivity index (χ4v) is 3.78. The number of fused-ring (bicyclic) bond motifs is 1. The van der Waals surface area contributed by atoms with Crippen LogP contribution in [0.5, 0.6) is 5.75 Å². The number of nitrogens with zero attached hydrogens (tertiary/aromatic N) is 3. The summed E-state index contributed by atoms with van der Waals surface area (Å²) in [6.07, 6.45) is 3.37. The van der Waals surface area contributed by atoms with Crippen LogP contribution >= 0.6 is 0 Å². The highest BCUT2D eigenvalue weighted by Gasteiger charge is 2.22. The largest absolute Gasteiger partial charge is 0.493 e. The molecule has 0 radical (unpaired) electrons. The molecular formula is C20H31N3O2. The molecule has 1 amide bonds. The van der Waals surface area contributed by atoms with E-state index < -0.39 is 0 Å². The van der Waals surface area contributed by atoms with Crippen molar-refractivity contribution < 1.29 is 9.53 Å². The number of carbonyl (C=O) groups is 1. The molecule has 5 nitrogen and oxygen atoms in total. The first kappa shape index (κ1) is 18.2. The lowest BCUT2D eigenvalue weighted by Crippen LogP contribution is -2.39. The molecule has 0 spiro atoms. The van der Waals surface area contributed by atoms with Gasteiger partial charge in [0.25, 0.3) is 0 Å². The van der Waals surface area contributed by atoms with Crippen LogP contribution in [0.2, 0.25) is 0 Å². The fourth-order valence-electron chi connectivity index (χ4n) is 3.78. The van der Waals surface area contributed by atoms with Crippen LogP contribution < -0.4 is 4.74 Å². The maximum absolute atomic E-state index is 11.9. The quantitative estimate of drug-likeness (QED) is 0.833. The molecule has 2 aliphatic rings. The molecule has 0 aromatic heterocycles. The Hall–Kier alpha value is -1.59. The van der Waals surface area contributed by atoms with E-state index >= 15 is 0 Å². The predicted molar refractivity (Wildman–Crippen MR) is 99.9 cm³/mol. The average Bonchev–Trinajstić information content (AvgIpc) is 2.93. The van der Waals surface area contributed by atoms with Gasteiger partial charge in [-0.2, -0.15) is 0 Å². The summed E-state index contributed by atoms with van der Waals surface area (Å²) in [5.41, 5.74) is 1.35. The second-order valence-corrected chi connectivity index (χ2v) is 7.53. The smallest absolute Gasteiger partial charge is 0.236 e. The summed E-state index contributed by atoms with van der Waals surface area (Å²) < 4.78 is 5.91.